The first kappa shape index (κ1) is 12.7. The van der Waals surface area contributed by atoms with Crippen LogP contribution < -0.4 is 5.32 Å². The fourth-order valence-corrected chi connectivity index (χ4v) is 3.15. The maximum Gasteiger partial charge on any atom is 0.230 e. The summed E-state index contributed by atoms with van der Waals surface area (Å²) in [7, 11) is 0. The molecule has 1 aromatic carbocycles. The molecule has 1 aromatic rings. The molecule has 1 amide bonds. The van der Waals surface area contributed by atoms with Crippen molar-refractivity contribution in [2.75, 3.05) is 0 Å². The fraction of sp³-hybridized carbons (Fsp3) is 0.562. The zero-order chi connectivity index (χ0) is 13.5. The van der Waals surface area contributed by atoms with Gasteiger partial charge in [-0.25, -0.2) is 0 Å². The monoisotopic (exact) mass is 259 g/mol. The number of benzene rings is 1. The molecule has 2 aliphatic carbocycles. The van der Waals surface area contributed by atoms with Gasteiger partial charge in [0.15, 0.2) is 0 Å². The zero-order valence-corrected chi connectivity index (χ0v) is 11.4. The number of hydrogen-bond donors (Lipinski definition) is 2. The number of amides is 1. The lowest BCUT2D eigenvalue weighted by molar-refractivity contribution is -0.132. The van der Waals surface area contributed by atoms with Crippen LogP contribution >= 0.6 is 0 Å². The van der Waals surface area contributed by atoms with E-state index in [0.29, 0.717) is 12.8 Å². The van der Waals surface area contributed by atoms with Crippen molar-refractivity contribution < 1.29 is 9.90 Å². The molecule has 2 saturated carbocycles. The van der Waals surface area contributed by atoms with E-state index in [-0.39, 0.29) is 23.5 Å². The van der Waals surface area contributed by atoms with Gasteiger partial charge in [-0.1, -0.05) is 36.2 Å². The second-order valence-electron chi connectivity index (χ2n) is 6.10. The van der Waals surface area contributed by atoms with Crippen LogP contribution in [0.3, 0.4) is 0 Å². The third-order valence-corrected chi connectivity index (χ3v) is 4.66. The molecule has 0 spiro atoms. The molecule has 0 bridgehead atoms. The molecular formula is C16H21NO2. The first-order valence-corrected chi connectivity index (χ1v) is 7.16. The first-order valence-electron chi connectivity index (χ1n) is 7.16. The first-order chi connectivity index (χ1) is 9.10. The molecule has 2 N–H and O–H groups in total. The van der Waals surface area contributed by atoms with E-state index in [1.807, 2.05) is 6.07 Å². The van der Waals surface area contributed by atoms with Crippen molar-refractivity contribution >= 4 is 5.91 Å². The molecule has 0 atom stereocenters. The van der Waals surface area contributed by atoms with Crippen molar-refractivity contribution in [1.29, 1.82) is 0 Å². The van der Waals surface area contributed by atoms with Gasteiger partial charge in [0, 0.05) is 6.04 Å². The number of rotatable bonds is 3. The predicted molar refractivity (Wildman–Crippen MR) is 73.9 cm³/mol. The maximum absolute atomic E-state index is 12.6. The molecular weight excluding hydrogens is 238 g/mol. The molecule has 0 aliphatic heterocycles. The van der Waals surface area contributed by atoms with Gasteiger partial charge in [0.1, 0.15) is 0 Å². The number of carbonyl (C=O) groups is 1. The molecule has 102 valence electrons. The number of aliphatic hydroxyl groups is 1. The molecule has 0 saturated heterocycles. The summed E-state index contributed by atoms with van der Waals surface area (Å²) in [5.41, 5.74) is 2.04. The van der Waals surface area contributed by atoms with E-state index in [2.05, 4.69) is 30.4 Å². The Bertz CT molecular complexity index is 487. The molecule has 3 heteroatoms. The van der Waals surface area contributed by atoms with Gasteiger partial charge < -0.3 is 10.4 Å². The summed E-state index contributed by atoms with van der Waals surface area (Å²) < 4.78 is 0. The quantitative estimate of drug-likeness (QED) is 0.873. The molecule has 2 fully saturated rings. The van der Waals surface area contributed by atoms with Crippen LogP contribution in [-0.2, 0) is 10.2 Å². The maximum atomic E-state index is 12.6. The molecule has 0 heterocycles. The second kappa shape index (κ2) is 4.64. The van der Waals surface area contributed by atoms with E-state index in [9.17, 15) is 9.90 Å². The van der Waals surface area contributed by atoms with E-state index < -0.39 is 0 Å². The topological polar surface area (TPSA) is 49.3 Å². The van der Waals surface area contributed by atoms with Crippen molar-refractivity contribution in [3.05, 3.63) is 35.4 Å². The smallest absolute Gasteiger partial charge is 0.230 e. The highest BCUT2D eigenvalue weighted by atomic mass is 16.3. The Morgan fingerprint density at radius 2 is 2.11 bits per heavy atom. The van der Waals surface area contributed by atoms with Crippen LogP contribution in [0.4, 0.5) is 0 Å². The Labute approximate surface area is 114 Å². The Morgan fingerprint density at radius 3 is 2.63 bits per heavy atom. The van der Waals surface area contributed by atoms with Crippen LogP contribution in [0.25, 0.3) is 0 Å². The molecule has 3 nitrogen and oxygen atoms in total. The van der Waals surface area contributed by atoms with Gasteiger partial charge >= 0.3 is 0 Å². The van der Waals surface area contributed by atoms with Crippen LogP contribution in [0.15, 0.2) is 24.3 Å². The Kier molecular flexibility index (Phi) is 3.09. The van der Waals surface area contributed by atoms with Gasteiger partial charge in [-0.15, -0.1) is 0 Å². The summed E-state index contributed by atoms with van der Waals surface area (Å²) in [5.74, 6) is 0.154. The molecule has 2 aliphatic rings. The highest BCUT2D eigenvalue weighted by Crippen LogP contribution is 2.44. The lowest BCUT2D eigenvalue weighted by atomic mass is 9.63. The van der Waals surface area contributed by atoms with Crippen molar-refractivity contribution in [2.45, 2.75) is 56.6 Å². The van der Waals surface area contributed by atoms with Gasteiger partial charge in [0.05, 0.1) is 11.5 Å². The highest BCUT2D eigenvalue weighted by Gasteiger charge is 2.46. The van der Waals surface area contributed by atoms with E-state index in [1.54, 1.807) is 0 Å². The summed E-state index contributed by atoms with van der Waals surface area (Å²) in [5, 5.41) is 12.4. The molecule has 0 radical (unpaired) electrons. The lowest BCUT2D eigenvalue weighted by Crippen LogP contribution is -2.55. The summed E-state index contributed by atoms with van der Waals surface area (Å²) >= 11 is 0. The average Bonchev–Trinajstić information content (AvgIpc) is 2.25. The number of aliphatic hydroxyl groups excluding tert-OH is 1. The van der Waals surface area contributed by atoms with E-state index in [1.165, 1.54) is 5.56 Å². The van der Waals surface area contributed by atoms with Crippen molar-refractivity contribution in [3.8, 4) is 0 Å². The predicted octanol–water partition coefficient (Wildman–Crippen LogP) is 2.06. The number of nitrogens with one attached hydrogen (secondary N) is 1. The molecule has 19 heavy (non-hydrogen) atoms. The highest BCUT2D eigenvalue weighted by molar-refractivity contribution is 5.89. The molecule has 0 aromatic heterocycles. The van der Waals surface area contributed by atoms with Crippen LogP contribution in [0.5, 0.6) is 0 Å². The normalized spacial score (nSPS) is 28.1. The summed E-state index contributed by atoms with van der Waals surface area (Å²) in [6, 6.07) is 8.47. The van der Waals surface area contributed by atoms with Crippen LogP contribution in [0.2, 0.25) is 0 Å². The SMILES string of the molecule is Cc1cccc(C2(C(=O)NC3CC(O)C3)CCC2)c1. The van der Waals surface area contributed by atoms with Crippen LogP contribution in [0.1, 0.15) is 43.2 Å². The minimum Gasteiger partial charge on any atom is -0.393 e. The number of aryl methyl sites for hydroxylation is 1. The number of carbonyl (C=O) groups excluding carboxylic acids is 1. The summed E-state index contributed by atoms with van der Waals surface area (Å²) in [6.45, 7) is 2.07. The summed E-state index contributed by atoms with van der Waals surface area (Å²) in [4.78, 5) is 12.6. The Balaban J connectivity index is 1.77. The lowest BCUT2D eigenvalue weighted by Gasteiger charge is -2.43. The standard InChI is InChI=1S/C16H21NO2/c1-11-4-2-5-12(8-11)16(6-3-7-16)15(19)17-13-9-14(18)10-13/h2,4-5,8,13-14,18H,3,6-7,9-10H2,1H3,(H,17,19). The fourth-order valence-electron chi connectivity index (χ4n) is 3.15. The van der Waals surface area contributed by atoms with Gasteiger partial charge in [0.2, 0.25) is 5.91 Å². The summed E-state index contributed by atoms with van der Waals surface area (Å²) in [6.07, 6.45) is 4.19. The second-order valence-corrected chi connectivity index (χ2v) is 6.10. The van der Waals surface area contributed by atoms with Gasteiger partial charge in [0.25, 0.3) is 0 Å². The van der Waals surface area contributed by atoms with Crippen molar-refractivity contribution in [1.82, 2.24) is 5.32 Å². The minimum atomic E-state index is -0.313. The molecule has 0 unspecified atom stereocenters. The largest absolute Gasteiger partial charge is 0.393 e. The number of hydrogen-bond acceptors (Lipinski definition) is 2. The van der Waals surface area contributed by atoms with Crippen LogP contribution in [-0.4, -0.2) is 23.2 Å². The van der Waals surface area contributed by atoms with Gasteiger partial charge in [-0.3, -0.25) is 4.79 Å². The van der Waals surface area contributed by atoms with Crippen molar-refractivity contribution in [3.63, 3.8) is 0 Å². The van der Waals surface area contributed by atoms with Gasteiger partial charge in [-0.2, -0.15) is 0 Å². The van der Waals surface area contributed by atoms with Crippen molar-refractivity contribution in [2.24, 2.45) is 0 Å². The van der Waals surface area contributed by atoms with E-state index in [4.69, 9.17) is 0 Å². The minimum absolute atomic E-state index is 0.154. The third kappa shape index (κ3) is 2.16. The molecule has 3 rings (SSSR count). The van der Waals surface area contributed by atoms with E-state index >= 15 is 0 Å². The Hall–Kier alpha value is -1.35. The Morgan fingerprint density at radius 1 is 1.37 bits per heavy atom. The third-order valence-electron chi connectivity index (χ3n) is 4.66. The zero-order valence-electron chi connectivity index (χ0n) is 11.4. The average molecular weight is 259 g/mol. The van der Waals surface area contributed by atoms with E-state index in [0.717, 1.165) is 24.8 Å². The van der Waals surface area contributed by atoms with Crippen LogP contribution in [0, 0.1) is 6.92 Å². The van der Waals surface area contributed by atoms with Gasteiger partial charge in [-0.05, 0) is 38.2 Å².